The predicted octanol–water partition coefficient (Wildman–Crippen LogP) is 4.15. The molecule has 0 atom stereocenters. The van der Waals surface area contributed by atoms with Gasteiger partial charge in [0, 0.05) is 21.5 Å². The molecule has 7 nitrogen and oxygen atoms in total. The summed E-state index contributed by atoms with van der Waals surface area (Å²) in [4.78, 5) is 29.1. The first-order chi connectivity index (χ1) is 13.5. The van der Waals surface area contributed by atoms with Gasteiger partial charge in [-0.1, -0.05) is 29.8 Å². The minimum absolute atomic E-state index is 0.176. The van der Waals surface area contributed by atoms with Crippen LogP contribution in [0.4, 0.5) is 5.95 Å². The normalized spacial score (nSPS) is 10.8. The molecular formula is C19H13ClN4O3S. The van der Waals surface area contributed by atoms with Gasteiger partial charge in [-0.05, 0) is 30.3 Å². The minimum Gasteiger partial charge on any atom is -0.465 e. The Balaban J connectivity index is 1.59. The maximum absolute atomic E-state index is 12.5. The number of hydrogen-bond acceptors (Lipinski definition) is 6. The van der Waals surface area contributed by atoms with E-state index in [1.807, 2.05) is 17.5 Å². The van der Waals surface area contributed by atoms with Gasteiger partial charge in [0.1, 0.15) is 0 Å². The number of esters is 1. The van der Waals surface area contributed by atoms with Crippen LogP contribution in [-0.2, 0) is 4.74 Å². The molecule has 0 radical (unpaired) electrons. The highest BCUT2D eigenvalue weighted by atomic mass is 35.5. The van der Waals surface area contributed by atoms with Crippen LogP contribution in [0.3, 0.4) is 0 Å². The quantitative estimate of drug-likeness (QED) is 0.509. The standard InChI is InChI=1S/C19H13ClN4O3S/c1-27-17(26)13-4-2-3-12(9-13)16(25)21-18-22-19-24(23-18)15(10-28-19)11-5-7-14(20)8-6-11/h2-10H,1H3,(H,21,23,25). The van der Waals surface area contributed by atoms with E-state index in [0.717, 1.165) is 11.3 Å². The number of nitrogens with zero attached hydrogens (tertiary/aromatic N) is 3. The molecule has 2 aromatic carbocycles. The van der Waals surface area contributed by atoms with Gasteiger partial charge in [-0.15, -0.1) is 16.4 Å². The van der Waals surface area contributed by atoms with Gasteiger partial charge >= 0.3 is 5.97 Å². The first-order valence-corrected chi connectivity index (χ1v) is 9.41. The molecule has 0 spiro atoms. The summed E-state index contributed by atoms with van der Waals surface area (Å²) < 4.78 is 6.34. The number of ether oxygens (including phenoxy) is 1. The molecule has 28 heavy (non-hydrogen) atoms. The number of methoxy groups -OCH3 is 1. The van der Waals surface area contributed by atoms with Gasteiger partial charge in [-0.25, -0.2) is 9.31 Å². The lowest BCUT2D eigenvalue weighted by Gasteiger charge is -2.03. The number of carbonyl (C=O) groups is 2. The van der Waals surface area contributed by atoms with Gasteiger partial charge in [0.15, 0.2) is 0 Å². The van der Waals surface area contributed by atoms with Gasteiger partial charge in [0.2, 0.25) is 4.96 Å². The van der Waals surface area contributed by atoms with Crippen LogP contribution in [-0.4, -0.2) is 33.6 Å². The van der Waals surface area contributed by atoms with Crippen LogP contribution < -0.4 is 5.32 Å². The van der Waals surface area contributed by atoms with Crippen LogP contribution in [0.2, 0.25) is 5.02 Å². The zero-order valence-corrected chi connectivity index (χ0v) is 16.1. The summed E-state index contributed by atoms with van der Waals surface area (Å²) in [6, 6.07) is 13.6. The molecular weight excluding hydrogens is 400 g/mol. The number of halogens is 1. The Morgan fingerprint density at radius 3 is 2.64 bits per heavy atom. The fraction of sp³-hybridized carbons (Fsp3) is 0.0526. The van der Waals surface area contributed by atoms with Crippen LogP contribution in [0.1, 0.15) is 20.7 Å². The Bertz CT molecular complexity index is 1180. The van der Waals surface area contributed by atoms with E-state index < -0.39 is 11.9 Å². The Morgan fingerprint density at radius 1 is 1.14 bits per heavy atom. The van der Waals surface area contributed by atoms with Crippen molar-refractivity contribution in [3.63, 3.8) is 0 Å². The summed E-state index contributed by atoms with van der Waals surface area (Å²) >= 11 is 7.35. The summed E-state index contributed by atoms with van der Waals surface area (Å²) in [5.74, 6) is -0.754. The molecule has 0 bridgehead atoms. The summed E-state index contributed by atoms with van der Waals surface area (Å²) in [6.07, 6.45) is 0. The predicted molar refractivity (Wildman–Crippen MR) is 107 cm³/mol. The number of hydrogen-bond donors (Lipinski definition) is 1. The largest absolute Gasteiger partial charge is 0.465 e. The SMILES string of the molecule is COC(=O)c1cccc(C(=O)Nc2nc3scc(-c4ccc(Cl)cc4)n3n2)c1. The van der Waals surface area contributed by atoms with Crippen molar-refractivity contribution >= 4 is 45.7 Å². The number of nitrogens with one attached hydrogen (secondary N) is 1. The van der Waals surface area contributed by atoms with Crippen LogP contribution in [0.25, 0.3) is 16.2 Å². The van der Waals surface area contributed by atoms with Gasteiger partial charge in [-0.2, -0.15) is 4.98 Å². The zero-order chi connectivity index (χ0) is 19.7. The van der Waals surface area contributed by atoms with Crippen LogP contribution in [0.5, 0.6) is 0 Å². The monoisotopic (exact) mass is 412 g/mol. The van der Waals surface area contributed by atoms with E-state index in [0.29, 0.717) is 21.1 Å². The van der Waals surface area contributed by atoms with Crippen LogP contribution >= 0.6 is 22.9 Å². The fourth-order valence-corrected chi connectivity index (χ4v) is 3.59. The Morgan fingerprint density at radius 2 is 1.89 bits per heavy atom. The molecule has 0 aliphatic carbocycles. The number of benzene rings is 2. The number of fused-ring (bicyclic) bond motifs is 1. The van der Waals surface area contributed by atoms with Crippen molar-refractivity contribution in [3.05, 3.63) is 70.1 Å². The molecule has 0 saturated heterocycles. The number of rotatable bonds is 4. The average Bonchev–Trinajstić information content (AvgIpc) is 3.28. The minimum atomic E-state index is -0.511. The first-order valence-electron chi connectivity index (χ1n) is 8.15. The zero-order valence-electron chi connectivity index (χ0n) is 14.5. The highest BCUT2D eigenvalue weighted by molar-refractivity contribution is 7.15. The number of aromatic nitrogens is 3. The van der Waals surface area contributed by atoms with Crippen molar-refractivity contribution < 1.29 is 14.3 Å². The maximum atomic E-state index is 12.5. The molecule has 1 amide bonds. The van der Waals surface area contributed by atoms with E-state index in [2.05, 4.69) is 20.1 Å². The fourth-order valence-electron chi connectivity index (χ4n) is 2.63. The molecule has 2 aromatic heterocycles. The molecule has 9 heteroatoms. The van der Waals surface area contributed by atoms with E-state index in [1.165, 1.54) is 24.5 Å². The van der Waals surface area contributed by atoms with Gasteiger partial charge in [0.05, 0.1) is 18.4 Å². The third-order valence-corrected chi connectivity index (χ3v) is 5.06. The summed E-state index contributed by atoms with van der Waals surface area (Å²) in [5.41, 5.74) is 2.37. The second-order valence-corrected chi connectivity index (χ2v) is 7.06. The van der Waals surface area contributed by atoms with Crippen molar-refractivity contribution in [1.29, 1.82) is 0 Å². The Kier molecular flexibility index (Phi) is 4.81. The van der Waals surface area contributed by atoms with Crippen LogP contribution in [0, 0.1) is 0 Å². The lowest BCUT2D eigenvalue weighted by atomic mass is 10.1. The molecule has 4 aromatic rings. The number of anilines is 1. The second-order valence-electron chi connectivity index (χ2n) is 5.78. The van der Waals surface area contributed by atoms with E-state index in [9.17, 15) is 9.59 Å². The smallest absolute Gasteiger partial charge is 0.337 e. The third kappa shape index (κ3) is 3.47. The second kappa shape index (κ2) is 7.41. The van der Waals surface area contributed by atoms with E-state index in [-0.39, 0.29) is 5.95 Å². The topological polar surface area (TPSA) is 85.6 Å². The number of thiazole rings is 1. The summed E-state index contributed by atoms with van der Waals surface area (Å²) in [6.45, 7) is 0. The van der Waals surface area contributed by atoms with Crippen molar-refractivity contribution in [1.82, 2.24) is 14.6 Å². The van der Waals surface area contributed by atoms with Crippen LogP contribution in [0.15, 0.2) is 53.9 Å². The third-order valence-electron chi connectivity index (χ3n) is 3.99. The van der Waals surface area contributed by atoms with Crippen molar-refractivity contribution in [3.8, 4) is 11.3 Å². The number of amides is 1. The Hall–Kier alpha value is -3.23. The first kappa shape index (κ1) is 18.1. The van der Waals surface area contributed by atoms with Gasteiger partial charge in [-0.3, -0.25) is 10.1 Å². The summed E-state index contributed by atoms with van der Waals surface area (Å²) in [5, 5.41) is 9.61. The maximum Gasteiger partial charge on any atom is 0.337 e. The van der Waals surface area contributed by atoms with Crippen molar-refractivity contribution in [2.24, 2.45) is 0 Å². The molecule has 4 rings (SSSR count). The van der Waals surface area contributed by atoms with Gasteiger partial charge in [0.25, 0.3) is 11.9 Å². The molecule has 0 unspecified atom stereocenters. The lowest BCUT2D eigenvalue weighted by molar-refractivity contribution is 0.0600. The number of carbonyl (C=O) groups excluding carboxylic acids is 2. The average molecular weight is 413 g/mol. The van der Waals surface area contributed by atoms with E-state index in [4.69, 9.17) is 11.6 Å². The molecule has 1 N–H and O–H groups in total. The molecule has 0 saturated carbocycles. The van der Waals surface area contributed by atoms with E-state index >= 15 is 0 Å². The molecule has 0 aliphatic heterocycles. The molecule has 140 valence electrons. The van der Waals surface area contributed by atoms with Crippen molar-refractivity contribution in [2.75, 3.05) is 12.4 Å². The Labute approximate surface area is 168 Å². The lowest BCUT2D eigenvalue weighted by Crippen LogP contribution is -2.14. The van der Waals surface area contributed by atoms with Crippen molar-refractivity contribution in [2.45, 2.75) is 0 Å². The highest BCUT2D eigenvalue weighted by Crippen LogP contribution is 2.27. The molecule has 2 heterocycles. The van der Waals surface area contributed by atoms with Gasteiger partial charge < -0.3 is 4.74 Å². The summed E-state index contributed by atoms with van der Waals surface area (Å²) in [7, 11) is 1.29. The highest BCUT2D eigenvalue weighted by Gasteiger charge is 2.15. The molecule has 0 aliphatic rings. The molecule has 0 fully saturated rings. The van der Waals surface area contributed by atoms with E-state index in [1.54, 1.807) is 34.8 Å².